The zero-order valence-corrected chi connectivity index (χ0v) is 10.1. The maximum atomic E-state index is 11.3. The fourth-order valence-electron chi connectivity index (χ4n) is 1.85. The highest BCUT2D eigenvalue weighted by atomic mass is 16.2. The van der Waals surface area contributed by atoms with E-state index in [9.17, 15) is 4.79 Å². The highest BCUT2D eigenvalue weighted by Gasteiger charge is 2.28. The molecule has 1 aliphatic rings. The zero-order valence-electron chi connectivity index (χ0n) is 10.1. The van der Waals surface area contributed by atoms with Crippen molar-refractivity contribution in [2.24, 2.45) is 5.41 Å². The monoisotopic (exact) mass is 213 g/mol. The number of piperidine rings is 1. The minimum absolute atomic E-state index is 0.0438. The molecule has 0 spiro atoms. The molecule has 0 aromatic heterocycles. The van der Waals surface area contributed by atoms with E-state index in [1.807, 2.05) is 6.92 Å². The second kappa shape index (κ2) is 5.35. The Morgan fingerprint density at radius 3 is 2.47 bits per heavy atom. The van der Waals surface area contributed by atoms with Crippen LogP contribution >= 0.6 is 0 Å². The van der Waals surface area contributed by atoms with Crippen LogP contribution in [-0.4, -0.2) is 44.2 Å². The topological polar surface area (TPSA) is 44.4 Å². The summed E-state index contributed by atoms with van der Waals surface area (Å²) in [4.78, 5) is 13.6. The number of urea groups is 1. The van der Waals surface area contributed by atoms with Gasteiger partial charge in [-0.1, -0.05) is 6.92 Å². The summed E-state index contributed by atoms with van der Waals surface area (Å²) in [6, 6.07) is -0.0438. The predicted molar refractivity (Wildman–Crippen MR) is 61.9 cm³/mol. The highest BCUT2D eigenvalue weighted by molar-refractivity contribution is 5.73. The van der Waals surface area contributed by atoms with Crippen molar-refractivity contribution in [3.63, 3.8) is 0 Å². The van der Waals surface area contributed by atoms with Crippen LogP contribution in [0.1, 0.15) is 26.7 Å². The minimum Gasteiger partial charge on any atom is -0.338 e. The van der Waals surface area contributed by atoms with E-state index in [4.69, 9.17) is 0 Å². The first-order chi connectivity index (χ1) is 7.06. The molecular formula is C11H23N3O. The molecular weight excluding hydrogens is 190 g/mol. The Morgan fingerprint density at radius 2 is 1.93 bits per heavy atom. The first kappa shape index (κ1) is 12.3. The molecule has 1 saturated heterocycles. The van der Waals surface area contributed by atoms with Crippen molar-refractivity contribution in [3.05, 3.63) is 0 Å². The first-order valence-corrected chi connectivity index (χ1v) is 5.76. The molecule has 0 unspecified atom stereocenters. The van der Waals surface area contributed by atoms with Crippen molar-refractivity contribution < 1.29 is 4.79 Å². The van der Waals surface area contributed by atoms with Crippen molar-refractivity contribution in [1.29, 1.82) is 0 Å². The van der Waals surface area contributed by atoms with Gasteiger partial charge in [0, 0.05) is 13.1 Å². The number of nitrogens with zero attached hydrogens (tertiary/aromatic N) is 1. The lowest BCUT2D eigenvalue weighted by Crippen LogP contribution is -2.46. The molecule has 2 N–H and O–H groups in total. The van der Waals surface area contributed by atoms with E-state index in [1.54, 1.807) is 0 Å². The smallest absolute Gasteiger partial charge is 0.314 e. The van der Waals surface area contributed by atoms with Gasteiger partial charge in [0.1, 0.15) is 0 Å². The van der Waals surface area contributed by atoms with Crippen LogP contribution < -0.4 is 10.6 Å². The number of nitrogens with one attached hydrogen (secondary N) is 2. The van der Waals surface area contributed by atoms with Crippen LogP contribution in [0, 0.1) is 5.41 Å². The summed E-state index contributed by atoms with van der Waals surface area (Å²) >= 11 is 0. The zero-order chi connectivity index (χ0) is 11.3. The Hall–Kier alpha value is -0.770. The Labute approximate surface area is 92.4 Å². The molecule has 0 radical (unpaired) electrons. The maximum Gasteiger partial charge on any atom is 0.314 e. The van der Waals surface area contributed by atoms with Crippen LogP contribution in [0.15, 0.2) is 0 Å². The van der Waals surface area contributed by atoms with E-state index < -0.39 is 0 Å². The van der Waals surface area contributed by atoms with Gasteiger partial charge in [0.05, 0.1) is 0 Å². The Balaban J connectivity index is 2.27. The Bertz CT molecular complexity index is 210. The lowest BCUT2D eigenvalue weighted by Gasteiger charge is -2.37. The molecule has 0 aliphatic carbocycles. The van der Waals surface area contributed by atoms with E-state index in [2.05, 4.69) is 29.5 Å². The molecule has 1 fully saturated rings. The molecule has 88 valence electrons. The number of rotatable bonds is 3. The third-order valence-corrected chi connectivity index (χ3v) is 3.21. The van der Waals surface area contributed by atoms with Crippen LogP contribution in [-0.2, 0) is 0 Å². The van der Waals surface area contributed by atoms with Crippen molar-refractivity contribution >= 4 is 6.03 Å². The third kappa shape index (κ3) is 4.08. The van der Waals surface area contributed by atoms with Crippen LogP contribution in [0.25, 0.3) is 0 Å². The van der Waals surface area contributed by atoms with Crippen molar-refractivity contribution in [3.8, 4) is 0 Å². The van der Waals surface area contributed by atoms with Crippen LogP contribution in [0.2, 0.25) is 0 Å². The van der Waals surface area contributed by atoms with E-state index in [-0.39, 0.29) is 11.4 Å². The van der Waals surface area contributed by atoms with Crippen LogP contribution in [0.3, 0.4) is 0 Å². The van der Waals surface area contributed by atoms with Crippen molar-refractivity contribution in [2.45, 2.75) is 26.7 Å². The lowest BCUT2D eigenvalue weighted by atomic mass is 9.80. The van der Waals surface area contributed by atoms with Gasteiger partial charge in [-0.25, -0.2) is 4.79 Å². The van der Waals surface area contributed by atoms with E-state index in [1.165, 1.54) is 0 Å². The molecule has 15 heavy (non-hydrogen) atoms. The molecule has 1 rings (SSSR count). The number of carbonyl (C=O) groups excluding carboxylic acids is 1. The number of likely N-dealkylation sites (tertiary alicyclic amines) is 1. The standard InChI is InChI=1S/C11H23N3O/c1-4-12-10(15)13-9-11(2)5-7-14(3)8-6-11/h4-9H2,1-3H3,(H2,12,13,15). The molecule has 0 aromatic carbocycles. The van der Waals surface area contributed by atoms with Crippen molar-refractivity contribution in [2.75, 3.05) is 33.2 Å². The molecule has 0 atom stereocenters. The fraction of sp³-hybridized carbons (Fsp3) is 0.909. The van der Waals surface area contributed by atoms with Gasteiger partial charge in [0.25, 0.3) is 0 Å². The van der Waals surface area contributed by atoms with Gasteiger partial charge in [-0.2, -0.15) is 0 Å². The second-order valence-corrected chi connectivity index (χ2v) is 4.83. The molecule has 1 heterocycles. The molecule has 1 aliphatic heterocycles. The summed E-state index contributed by atoms with van der Waals surface area (Å²) in [7, 11) is 2.15. The molecule has 2 amide bonds. The van der Waals surface area contributed by atoms with Crippen molar-refractivity contribution in [1.82, 2.24) is 15.5 Å². The average molecular weight is 213 g/mol. The molecule has 4 heteroatoms. The summed E-state index contributed by atoms with van der Waals surface area (Å²) in [6.07, 6.45) is 2.33. The van der Waals surface area contributed by atoms with Gasteiger partial charge >= 0.3 is 6.03 Å². The maximum absolute atomic E-state index is 11.3. The largest absolute Gasteiger partial charge is 0.338 e. The molecule has 4 nitrogen and oxygen atoms in total. The van der Waals surface area contributed by atoms with Gasteiger partial charge in [0.2, 0.25) is 0 Å². The van der Waals surface area contributed by atoms with Gasteiger partial charge < -0.3 is 15.5 Å². The van der Waals surface area contributed by atoms with Crippen LogP contribution in [0.4, 0.5) is 4.79 Å². The number of hydrogen-bond acceptors (Lipinski definition) is 2. The first-order valence-electron chi connectivity index (χ1n) is 5.76. The van der Waals surface area contributed by atoms with Gasteiger partial charge in [-0.05, 0) is 45.3 Å². The minimum atomic E-state index is -0.0438. The van der Waals surface area contributed by atoms with Gasteiger partial charge in [0.15, 0.2) is 0 Å². The SMILES string of the molecule is CCNC(=O)NCC1(C)CCN(C)CC1. The van der Waals surface area contributed by atoms with E-state index in [0.29, 0.717) is 6.54 Å². The van der Waals surface area contributed by atoms with E-state index in [0.717, 1.165) is 32.5 Å². The summed E-state index contributed by atoms with van der Waals surface area (Å²) in [6.45, 7) is 7.92. The van der Waals surface area contributed by atoms with Gasteiger partial charge in [-0.3, -0.25) is 0 Å². The number of amides is 2. The van der Waals surface area contributed by atoms with Crippen LogP contribution in [0.5, 0.6) is 0 Å². The van der Waals surface area contributed by atoms with E-state index >= 15 is 0 Å². The fourth-order valence-corrected chi connectivity index (χ4v) is 1.85. The Morgan fingerprint density at radius 1 is 1.33 bits per heavy atom. The summed E-state index contributed by atoms with van der Waals surface area (Å²) in [5, 5.41) is 5.69. The highest BCUT2D eigenvalue weighted by Crippen LogP contribution is 2.29. The summed E-state index contributed by atoms with van der Waals surface area (Å²) in [5.41, 5.74) is 0.275. The summed E-state index contributed by atoms with van der Waals surface area (Å²) in [5.74, 6) is 0. The molecule has 0 saturated carbocycles. The lowest BCUT2D eigenvalue weighted by molar-refractivity contribution is 0.138. The average Bonchev–Trinajstić information content (AvgIpc) is 2.21. The normalized spacial score (nSPS) is 21.0. The molecule has 0 bridgehead atoms. The number of carbonyl (C=O) groups is 1. The predicted octanol–water partition coefficient (Wildman–Crippen LogP) is 1.04. The number of hydrogen-bond donors (Lipinski definition) is 2. The second-order valence-electron chi connectivity index (χ2n) is 4.83. The quantitative estimate of drug-likeness (QED) is 0.735. The molecule has 0 aromatic rings. The Kier molecular flexibility index (Phi) is 4.39. The van der Waals surface area contributed by atoms with Gasteiger partial charge in [-0.15, -0.1) is 0 Å². The summed E-state index contributed by atoms with van der Waals surface area (Å²) < 4.78 is 0. The third-order valence-electron chi connectivity index (χ3n) is 3.21.